The Hall–Kier alpha value is -2.66. The maximum atomic E-state index is 12.6. The number of aromatic nitrogens is 3. The van der Waals surface area contributed by atoms with E-state index in [2.05, 4.69) is 15.6 Å². The highest BCUT2D eigenvalue weighted by atomic mass is 35.5. The maximum Gasteiger partial charge on any atom is 0.269 e. The molecule has 13 heteroatoms. The van der Waals surface area contributed by atoms with E-state index in [1.54, 1.807) is 12.1 Å². The number of rotatable bonds is 5. The van der Waals surface area contributed by atoms with Crippen LogP contribution in [0.25, 0.3) is 0 Å². The van der Waals surface area contributed by atoms with Crippen LogP contribution in [0.5, 0.6) is 0 Å². The predicted octanol–water partition coefficient (Wildman–Crippen LogP) is 3.22. The van der Waals surface area contributed by atoms with Gasteiger partial charge in [0.1, 0.15) is 17.1 Å². The van der Waals surface area contributed by atoms with Crippen LogP contribution in [0.2, 0.25) is 15.1 Å². The molecule has 160 valence electrons. The van der Waals surface area contributed by atoms with Crippen molar-refractivity contribution in [2.24, 2.45) is 0 Å². The summed E-state index contributed by atoms with van der Waals surface area (Å²) in [7, 11) is -3.97. The molecule has 0 aliphatic carbocycles. The Morgan fingerprint density at radius 1 is 1.06 bits per heavy atom. The zero-order chi connectivity index (χ0) is 22.3. The molecule has 0 bridgehead atoms. The molecule has 0 saturated heterocycles. The van der Waals surface area contributed by atoms with Crippen molar-refractivity contribution < 1.29 is 18.0 Å². The second-order valence-corrected chi connectivity index (χ2v) is 9.57. The largest absolute Gasteiger partial charge is 0.323 e. The summed E-state index contributed by atoms with van der Waals surface area (Å²) in [6, 6.07) is 8.77. The topological polar surface area (TPSA) is 114 Å². The lowest BCUT2D eigenvalue weighted by molar-refractivity contribution is -0.116. The number of anilines is 1. The van der Waals surface area contributed by atoms with Gasteiger partial charge in [-0.05, 0) is 24.3 Å². The second kappa shape index (κ2) is 8.12. The van der Waals surface area contributed by atoms with Gasteiger partial charge in [0, 0.05) is 0 Å². The molecule has 2 amide bonds. The molecule has 0 spiro atoms. The highest BCUT2D eigenvalue weighted by Gasteiger charge is 2.41. The average Bonchev–Trinajstić information content (AvgIpc) is 3.23. The normalized spacial score (nSPS) is 14.5. The minimum absolute atomic E-state index is 0.0507. The number of halogens is 3. The van der Waals surface area contributed by atoms with Crippen LogP contribution >= 0.6 is 34.8 Å². The standard InChI is InChI=1S/C18H12Cl3N5O4S/c19-12-5-14(21)15(6-13(12)20)22-17(27)9-25-7-10(23-24-25)8-26-18(28)11-3-1-2-4-16(11)31(26,29)30/h1-7H,8-9H2,(H,22,27). The lowest BCUT2D eigenvalue weighted by Crippen LogP contribution is -2.29. The van der Waals surface area contributed by atoms with Crippen LogP contribution in [0.1, 0.15) is 16.1 Å². The molecule has 31 heavy (non-hydrogen) atoms. The molecule has 0 radical (unpaired) electrons. The van der Waals surface area contributed by atoms with Crippen molar-refractivity contribution in [3.05, 3.63) is 68.9 Å². The Kier molecular flexibility index (Phi) is 5.65. The van der Waals surface area contributed by atoms with Crippen molar-refractivity contribution in [3.8, 4) is 0 Å². The molecule has 2 aromatic carbocycles. The third-order valence-electron chi connectivity index (χ3n) is 4.39. The molecule has 4 rings (SSSR count). The molecule has 3 aromatic rings. The van der Waals surface area contributed by atoms with Crippen LogP contribution in [0.15, 0.2) is 47.5 Å². The highest BCUT2D eigenvalue weighted by Crippen LogP contribution is 2.32. The molecular formula is C18H12Cl3N5O4S. The van der Waals surface area contributed by atoms with E-state index in [1.165, 1.54) is 35.1 Å². The first-order valence-electron chi connectivity index (χ1n) is 8.66. The minimum Gasteiger partial charge on any atom is -0.323 e. The Labute approximate surface area is 191 Å². The Morgan fingerprint density at radius 2 is 1.77 bits per heavy atom. The monoisotopic (exact) mass is 499 g/mol. The number of amides is 2. The number of nitrogens with one attached hydrogen (secondary N) is 1. The van der Waals surface area contributed by atoms with Crippen LogP contribution in [-0.2, 0) is 27.9 Å². The molecule has 0 atom stereocenters. The fourth-order valence-electron chi connectivity index (χ4n) is 2.98. The van der Waals surface area contributed by atoms with Gasteiger partial charge in [0.05, 0.1) is 39.1 Å². The van der Waals surface area contributed by atoms with Crippen LogP contribution in [-0.4, -0.2) is 39.5 Å². The first kappa shape index (κ1) is 21.6. The van der Waals surface area contributed by atoms with Gasteiger partial charge in [0.15, 0.2) is 0 Å². The molecule has 1 aliphatic rings. The van der Waals surface area contributed by atoms with Gasteiger partial charge in [-0.1, -0.05) is 52.1 Å². The van der Waals surface area contributed by atoms with Crippen molar-refractivity contribution in [3.63, 3.8) is 0 Å². The van der Waals surface area contributed by atoms with Crippen molar-refractivity contribution in [2.75, 3.05) is 5.32 Å². The van der Waals surface area contributed by atoms with Gasteiger partial charge >= 0.3 is 0 Å². The molecule has 1 aromatic heterocycles. The van der Waals surface area contributed by atoms with E-state index in [-0.39, 0.29) is 50.0 Å². The molecule has 2 heterocycles. The smallest absolute Gasteiger partial charge is 0.269 e. The number of fused-ring (bicyclic) bond motifs is 1. The predicted molar refractivity (Wildman–Crippen MR) is 114 cm³/mol. The molecule has 1 aliphatic heterocycles. The Morgan fingerprint density at radius 3 is 2.52 bits per heavy atom. The number of nitrogens with zero attached hydrogens (tertiary/aromatic N) is 4. The zero-order valence-corrected chi connectivity index (χ0v) is 18.5. The van der Waals surface area contributed by atoms with E-state index in [0.29, 0.717) is 0 Å². The van der Waals surface area contributed by atoms with Gasteiger partial charge < -0.3 is 5.32 Å². The SMILES string of the molecule is O=C(Cn1cc(CN2C(=O)c3ccccc3S2(=O)=O)nn1)Nc1cc(Cl)c(Cl)cc1Cl. The number of hydrogen-bond acceptors (Lipinski definition) is 6. The quantitative estimate of drug-likeness (QED) is 0.538. The summed E-state index contributed by atoms with van der Waals surface area (Å²) in [5.41, 5.74) is 0.575. The highest BCUT2D eigenvalue weighted by molar-refractivity contribution is 7.90. The van der Waals surface area contributed by atoms with E-state index in [4.69, 9.17) is 34.8 Å². The third kappa shape index (κ3) is 4.11. The van der Waals surface area contributed by atoms with Gasteiger partial charge in [-0.15, -0.1) is 5.10 Å². The summed E-state index contributed by atoms with van der Waals surface area (Å²) >= 11 is 17.8. The molecule has 1 N–H and O–H groups in total. The average molecular weight is 501 g/mol. The number of hydrogen-bond donors (Lipinski definition) is 1. The third-order valence-corrected chi connectivity index (χ3v) is 7.22. The summed E-state index contributed by atoms with van der Waals surface area (Å²) in [6.07, 6.45) is 1.38. The Bertz CT molecular complexity index is 1330. The number of carbonyl (C=O) groups is 2. The van der Waals surface area contributed by atoms with E-state index in [1.807, 2.05) is 0 Å². The zero-order valence-electron chi connectivity index (χ0n) is 15.4. The van der Waals surface area contributed by atoms with Crippen LogP contribution in [0.4, 0.5) is 5.69 Å². The van der Waals surface area contributed by atoms with Gasteiger partial charge in [-0.2, -0.15) is 0 Å². The van der Waals surface area contributed by atoms with Gasteiger partial charge in [-0.25, -0.2) is 17.4 Å². The summed E-state index contributed by atoms with van der Waals surface area (Å²) < 4.78 is 27.2. The summed E-state index contributed by atoms with van der Waals surface area (Å²) in [5, 5.41) is 10.9. The number of carbonyl (C=O) groups excluding carboxylic acids is 2. The summed E-state index contributed by atoms with van der Waals surface area (Å²) in [5.74, 6) is -1.12. The minimum atomic E-state index is -3.97. The van der Waals surface area contributed by atoms with E-state index < -0.39 is 21.8 Å². The van der Waals surface area contributed by atoms with Crippen molar-refractivity contribution in [1.82, 2.24) is 19.3 Å². The molecule has 0 unspecified atom stereocenters. The van der Waals surface area contributed by atoms with Crippen LogP contribution < -0.4 is 5.32 Å². The van der Waals surface area contributed by atoms with Crippen molar-refractivity contribution in [2.45, 2.75) is 18.0 Å². The number of sulfonamides is 1. The van der Waals surface area contributed by atoms with Gasteiger partial charge in [0.25, 0.3) is 15.9 Å². The van der Waals surface area contributed by atoms with E-state index in [0.717, 1.165) is 4.31 Å². The van der Waals surface area contributed by atoms with E-state index >= 15 is 0 Å². The lowest BCUT2D eigenvalue weighted by Gasteiger charge is -2.12. The second-order valence-electron chi connectivity index (χ2n) is 6.51. The fourth-order valence-corrected chi connectivity index (χ4v) is 5.11. The summed E-state index contributed by atoms with van der Waals surface area (Å²) in [6.45, 7) is -0.541. The van der Waals surface area contributed by atoms with E-state index in [9.17, 15) is 18.0 Å². The Balaban J connectivity index is 1.45. The fraction of sp³-hybridized carbons (Fsp3) is 0.111. The first-order chi connectivity index (χ1) is 14.7. The van der Waals surface area contributed by atoms with Gasteiger partial charge in [0.2, 0.25) is 5.91 Å². The number of benzene rings is 2. The van der Waals surface area contributed by atoms with Gasteiger partial charge in [-0.3, -0.25) is 9.59 Å². The molecule has 0 fully saturated rings. The summed E-state index contributed by atoms with van der Waals surface area (Å²) in [4.78, 5) is 24.7. The molecular weight excluding hydrogens is 489 g/mol. The van der Waals surface area contributed by atoms with Crippen LogP contribution in [0.3, 0.4) is 0 Å². The maximum absolute atomic E-state index is 12.6. The molecule has 0 saturated carbocycles. The van der Waals surface area contributed by atoms with Crippen LogP contribution in [0, 0.1) is 0 Å². The van der Waals surface area contributed by atoms with Crippen molar-refractivity contribution in [1.29, 1.82) is 0 Å². The van der Waals surface area contributed by atoms with Crippen molar-refractivity contribution >= 4 is 62.3 Å². The molecule has 9 nitrogen and oxygen atoms in total. The lowest BCUT2D eigenvalue weighted by atomic mass is 10.2. The first-order valence-corrected chi connectivity index (χ1v) is 11.2.